The zero-order valence-electron chi connectivity index (χ0n) is 9.58. The van der Waals surface area contributed by atoms with E-state index in [0.29, 0.717) is 5.56 Å². The van der Waals surface area contributed by atoms with Gasteiger partial charge in [0, 0.05) is 5.56 Å². The van der Waals surface area contributed by atoms with Crippen molar-refractivity contribution in [1.82, 2.24) is 5.32 Å². The Labute approximate surface area is 99.7 Å². The van der Waals surface area contributed by atoms with Crippen molar-refractivity contribution in [3.8, 4) is 0 Å². The summed E-state index contributed by atoms with van der Waals surface area (Å²) in [4.78, 5) is 11.9. The number of rotatable bonds is 3. The number of halogens is 1. The monoisotopic (exact) mass is 237 g/mol. The maximum atomic E-state index is 13.0. The lowest BCUT2D eigenvalue weighted by Crippen LogP contribution is -2.49. The van der Waals surface area contributed by atoms with Gasteiger partial charge < -0.3 is 10.4 Å². The molecule has 0 saturated heterocycles. The molecular weight excluding hydrogens is 221 g/mol. The Hall–Kier alpha value is -1.42. The normalized spacial score (nSPS) is 18.0. The second kappa shape index (κ2) is 4.84. The number of aliphatic hydroxyl groups excluding tert-OH is 1. The predicted molar refractivity (Wildman–Crippen MR) is 62.2 cm³/mol. The van der Waals surface area contributed by atoms with E-state index in [1.54, 1.807) is 6.07 Å². The third-order valence-corrected chi connectivity index (χ3v) is 3.33. The molecule has 1 saturated carbocycles. The number of carbonyl (C=O) groups excluding carboxylic acids is 1. The number of benzene rings is 1. The fourth-order valence-electron chi connectivity index (χ4n) is 2.32. The molecule has 92 valence electrons. The molecule has 0 aromatic heterocycles. The molecule has 4 heteroatoms. The van der Waals surface area contributed by atoms with Crippen LogP contribution in [0, 0.1) is 5.82 Å². The molecule has 0 radical (unpaired) electrons. The number of carbonyl (C=O) groups is 1. The fraction of sp³-hybridized carbons (Fsp3) is 0.462. The van der Waals surface area contributed by atoms with Crippen LogP contribution in [-0.2, 0) is 0 Å². The SMILES string of the molecule is O=C(NC1(CO)CCCC1)c1cccc(F)c1. The van der Waals surface area contributed by atoms with Crippen molar-refractivity contribution in [2.45, 2.75) is 31.2 Å². The second-order valence-corrected chi connectivity index (χ2v) is 4.61. The number of nitrogens with one attached hydrogen (secondary N) is 1. The van der Waals surface area contributed by atoms with E-state index in [1.807, 2.05) is 0 Å². The summed E-state index contributed by atoms with van der Waals surface area (Å²) in [6, 6.07) is 5.58. The Morgan fingerprint density at radius 2 is 2.12 bits per heavy atom. The summed E-state index contributed by atoms with van der Waals surface area (Å²) in [5.74, 6) is -0.748. The Bertz CT molecular complexity index is 414. The number of hydrogen-bond acceptors (Lipinski definition) is 2. The van der Waals surface area contributed by atoms with Crippen LogP contribution in [0.2, 0.25) is 0 Å². The largest absolute Gasteiger partial charge is 0.394 e. The molecule has 0 atom stereocenters. The zero-order valence-corrected chi connectivity index (χ0v) is 9.58. The Kier molecular flexibility index (Phi) is 3.43. The first-order chi connectivity index (χ1) is 8.15. The molecule has 0 spiro atoms. The first-order valence-corrected chi connectivity index (χ1v) is 5.84. The number of aliphatic hydroxyl groups is 1. The molecule has 17 heavy (non-hydrogen) atoms. The average Bonchev–Trinajstić information content (AvgIpc) is 2.78. The molecule has 1 aliphatic carbocycles. The van der Waals surface area contributed by atoms with Gasteiger partial charge in [-0.05, 0) is 31.0 Å². The first-order valence-electron chi connectivity index (χ1n) is 5.84. The van der Waals surface area contributed by atoms with Gasteiger partial charge >= 0.3 is 0 Å². The van der Waals surface area contributed by atoms with Crippen LogP contribution in [-0.4, -0.2) is 23.2 Å². The molecule has 0 heterocycles. The summed E-state index contributed by atoms with van der Waals surface area (Å²) in [7, 11) is 0. The highest BCUT2D eigenvalue weighted by Gasteiger charge is 2.34. The number of amides is 1. The van der Waals surface area contributed by atoms with E-state index < -0.39 is 11.4 Å². The van der Waals surface area contributed by atoms with Crippen LogP contribution in [0.5, 0.6) is 0 Å². The van der Waals surface area contributed by atoms with Gasteiger partial charge in [0.05, 0.1) is 12.1 Å². The molecular formula is C13H16FNO2. The standard InChI is InChI=1S/C13H16FNO2/c14-11-5-3-4-10(8-11)12(17)15-13(9-16)6-1-2-7-13/h3-5,8,16H,1-2,6-7,9H2,(H,15,17). The van der Waals surface area contributed by atoms with Crippen molar-refractivity contribution < 1.29 is 14.3 Å². The minimum Gasteiger partial charge on any atom is -0.394 e. The van der Waals surface area contributed by atoms with E-state index in [4.69, 9.17) is 0 Å². The van der Waals surface area contributed by atoms with Gasteiger partial charge in [-0.3, -0.25) is 4.79 Å². The van der Waals surface area contributed by atoms with Gasteiger partial charge in [-0.25, -0.2) is 4.39 Å². The summed E-state index contributed by atoms with van der Waals surface area (Å²) in [6.45, 7) is -0.0615. The Morgan fingerprint density at radius 3 is 2.71 bits per heavy atom. The molecule has 0 unspecified atom stereocenters. The molecule has 3 nitrogen and oxygen atoms in total. The van der Waals surface area contributed by atoms with Crippen molar-refractivity contribution in [2.75, 3.05) is 6.61 Å². The van der Waals surface area contributed by atoms with E-state index in [2.05, 4.69) is 5.32 Å². The van der Waals surface area contributed by atoms with Gasteiger partial charge in [0.15, 0.2) is 0 Å². The quantitative estimate of drug-likeness (QED) is 0.843. The summed E-state index contributed by atoms with van der Waals surface area (Å²) in [5, 5.41) is 12.2. The summed E-state index contributed by atoms with van der Waals surface area (Å²) in [5.41, 5.74) is -0.214. The van der Waals surface area contributed by atoms with Crippen LogP contribution in [0.15, 0.2) is 24.3 Å². The van der Waals surface area contributed by atoms with Crippen molar-refractivity contribution in [3.63, 3.8) is 0 Å². The van der Waals surface area contributed by atoms with E-state index in [-0.39, 0.29) is 12.5 Å². The highest BCUT2D eigenvalue weighted by Crippen LogP contribution is 2.29. The number of hydrogen-bond donors (Lipinski definition) is 2. The molecule has 2 rings (SSSR count). The smallest absolute Gasteiger partial charge is 0.251 e. The van der Waals surface area contributed by atoms with Crippen molar-refractivity contribution >= 4 is 5.91 Å². The highest BCUT2D eigenvalue weighted by molar-refractivity contribution is 5.94. The molecule has 1 aromatic rings. The highest BCUT2D eigenvalue weighted by atomic mass is 19.1. The molecule has 1 amide bonds. The summed E-state index contributed by atoms with van der Waals surface area (Å²) < 4.78 is 13.0. The third-order valence-electron chi connectivity index (χ3n) is 3.33. The van der Waals surface area contributed by atoms with Crippen molar-refractivity contribution in [1.29, 1.82) is 0 Å². The molecule has 1 fully saturated rings. The van der Waals surface area contributed by atoms with Gasteiger partial charge in [-0.15, -0.1) is 0 Å². The lowest BCUT2D eigenvalue weighted by atomic mass is 9.98. The van der Waals surface area contributed by atoms with Crippen LogP contribution in [0.1, 0.15) is 36.0 Å². The van der Waals surface area contributed by atoms with Crippen LogP contribution >= 0.6 is 0 Å². The van der Waals surface area contributed by atoms with E-state index >= 15 is 0 Å². The minimum atomic E-state index is -0.511. The van der Waals surface area contributed by atoms with Gasteiger partial charge in [-0.1, -0.05) is 18.9 Å². The first kappa shape index (κ1) is 12.0. The van der Waals surface area contributed by atoms with Crippen LogP contribution in [0.3, 0.4) is 0 Å². The average molecular weight is 237 g/mol. The predicted octanol–water partition coefficient (Wildman–Crippen LogP) is 1.86. The van der Waals surface area contributed by atoms with Gasteiger partial charge in [-0.2, -0.15) is 0 Å². The minimum absolute atomic E-state index is 0.0615. The van der Waals surface area contributed by atoms with Crippen molar-refractivity contribution in [3.05, 3.63) is 35.6 Å². The van der Waals surface area contributed by atoms with Gasteiger partial charge in [0.2, 0.25) is 0 Å². The van der Waals surface area contributed by atoms with Gasteiger partial charge in [0.25, 0.3) is 5.91 Å². The van der Waals surface area contributed by atoms with Gasteiger partial charge in [0.1, 0.15) is 5.82 Å². The third kappa shape index (κ3) is 2.64. The van der Waals surface area contributed by atoms with E-state index in [0.717, 1.165) is 25.7 Å². The van der Waals surface area contributed by atoms with Crippen molar-refractivity contribution in [2.24, 2.45) is 0 Å². The lowest BCUT2D eigenvalue weighted by molar-refractivity contribution is 0.0838. The molecule has 1 aliphatic rings. The van der Waals surface area contributed by atoms with Crippen LogP contribution in [0.25, 0.3) is 0 Å². The maximum Gasteiger partial charge on any atom is 0.251 e. The summed E-state index contributed by atoms with van der Waals surface area (Å²) in [6.07, 6.45) is 3.57. The van der Waals surface area contributed by atoms with Crippen LogP contribution in [0.4, 0.5) is 4.39 Å². The Morgan fingerprint density at radius 1 is 1.41 bits per heavy atom. The topological polar surface area (TPSA) is 49.3 Å². The molecule has 0 bridgehead atoms. The molecule has 2 N–H and O–H groups in total. The second-order valence-electron chi connectivity index (χ2n) is 4.61. The summed E-state index contributed by atoms with van der Waals surface area (Å²) >= 11 is 0. The lowest BCUT2D eigenvalue weighted by Gasteiger charge is -2.27. The zero-order chi connectivity index (χ0) is 12.3. The van der Waals surface area contributed by atoms with Crippen LogP contribution < -0.4 is 5.32 Å². The molecule has 1 aromatic carbocycles. The van der Waals surface area contributed by atoms with E-state index in [9.17, 15) is 14.3 Å². The maximum absolute atomic E-state index is 13.0. The Balaban J connectivity index is 2.11. The fourth-order valence-corrected chi connectivity index (χ4v) is 2.32. The molecule has 0 aliphatic heterocycles. The van der Waals surface area contributed by atoms with E-state index in [1.165, 1.54) is 18.2 Å².